The van der Waals surface area contributed by atoms with E-state index in [0.717, 1.165) is 11.3 Å². The number of benzene rings is 1. The summed E-state index contributed by atoms with van der Waals surface area (Å²) in [5.74, 6) is -2.22. The van der Waals surface area contributed by atoms with E-state index in [9.17, 15) is 14.4 Å². The van der Waals surface area contributed by atoms with Crippen molar-refractivity contribution in [3.63, 3.8) is 0 Å². The van der Waals surface area contributed by atoms with Gasteiger partial charge in [-0.1, -0.05) is 28.5 Å². The molecule has 0 spiro atoms. The summed E-state index contributed by atoms with van der Waals surface area (Å²) in [6.45, 7) is 1.68. The van der Waals surface area contributed by atoms with Gasteiger partial charge in [-0.25, -0.2) is 4.79 Å². The van der Waals surface area contributed by atoms with Gasteiger partial charge in [0.2, 0.25) is 5.01 Å². The van der Waals surface area contributed by atoms with E-state index in [2.05, 4.69) is 10.2 Å². The van der Waals surface area contributed by atoms with Gasteiger partial charge in [0.25, 0.3) is 11.8 Å². The first-order valence-electron chi connectivity index (χ1n) is 5.58. The third-order valence-electron chi connectivity index (χ3n) is 2.63. The molecule has 0 aliphatic carbocycles. The van der Waals surface area contributed by atoms with Gasteiger partial charge >= 0.3 is 5.97 Å². The van der Waals surface area contributed by atoms with Gasteiger partial charge in [0, 0.05) is 0 Å². The van der Waals surface area contributed by atoms with Crippen molar-refractivity contribution in [2.45, 2.75) is 6.92 Å². The molecule has 1 aliphatic heterocycles. The molecule has 0 bridgehead atoms. The molecule has 1 aromatic carbocycles. The number of hydroxylamine groups is 2. The Morgan fingerprint density at radius 2 is 1.75 bits per heavy atom. The second-order valence-electron chi connectivity index (χ2n) is 3.96. The van der Waals surface area contributed by atoms with Crippen LogP contribution >= 0.6 is 11.3 Å². The van der Waals surface area contributed by atoms with Crippen molar-refractivity contribution in [1.29, 1.82) is 0 Å². The third kappa shape index (κ3) is 1.86. The number of hydrogen-bond acceptors (Lipinski definition) is 7. The van der Waals surface area contributed by atoms with Crippen molar-refractivity contribution >= 4 is 29.1 Å². The van der Waals surface area contributed by atoms with Crippen LogP contribution < -0.4 is 0 Å². The van der Waals surface area contributed by atoms with Gasteiger partial charge in [0.15, 0.2) is 0 Å². The third-order valence-corrected chi connectivity index (χ3v) is 3.45. The summed E-state index contributed by atoms with van der Waals surface area (Å²) in [5, 5.41) is 8.29. The van der Waals surface area contributed by atoms with Crippen molar-refractivity contribution < 1.29 is 19.2 Å². The lowest BCUT2D eigenvalue weighted by Crippen LogP contribution is -2.32. The van der Waals surface area contributed by atoms with Crippen LogP contribution in [0.2, 0.25) is 0 Å². The van der Waals surface area contributed by atoms with Gasteiger partial charge in [0.05, 0.1) is 11.1 Å². The normalized spacial score (nSPS) is 13.6. The zero-order valence-corrected chi connectivity index (χ0v) is 11.0. The Morgan fingerprint density at radius 1 is 1.15 bits per heavy atom. The summed E-state index contributed by atoms with van der Waals surface area (Å²) < 4.78 is 0. The van der Waals surface area contributed by atoms with Gasteiger partial charge in [0.1, 0.15) is 5.01 Å². The molecule has 0 radical (unpaired) electrons. The summed E-state index contributed by atoms with van der Waals surface area (Å²) in [4.78, 5) is 40.6. The molecule has 0 atom stereocenters. The number of nitrogens with zero attached hydrogens (tertiary/aromatic N) is 3. The van der Waals surface area contributed by atoms with Crippen molar-refractivity contribution in [2.75, 3.05) is 0 Å². The maximum Gasteiger partial charge on any atom is 0.394 e. The Morgan fingerprint density at radius 3 is 2.25 bits per heavy atom. The van der Waals surface area contributed by atoms with E-state index in [0.29, 0.717) is 10.1 Å². The van der Waals surface area contributed by atoms with Crippen LogP contribution in [0.1, 0.15) is 35.5 Å². The first-order chi connectivity index (χ1) is 9.58. The Bertz CT molecular complexity index is 705. The number of fused-ring (bicyclic) bond motifs is 1. The lowest BCUT2D eigenvalue weighted by Gasteiger charge is -2.10. The Kier molecular flexibility index (Phi) is 2.79. The molecule has 2 heterocycles. The number of aromatic nitrogens is 2. The molecule has 20 heavy (non-hydrogen) atoms. The van der Waals surface area contributed by atoms with Gasteiger partial charge < -0.3 is 4.84 Å². The van der Waals surface area contributed by atoms with E-state index < -0.39 is 17.8 Å². The summed E-state index contributed by atoms with van der Waals surface area (Å²) in [5.41, 5.74) is 0.414. The quantitative estimate of drug-likeness (QED) is 0.772. The standard InChI is InChI=1S/C12H7N3O4S/c1-6-13-14-9(20-6)12(18)19-15-10(16)7-4-2-3-5-8(7)11(15)17/h2-5H,1H3. The monoisotopic (exact) mass is 289 g/mol. The second kappa shape index (κ2) is 4.49. The molecule has 7 nitrogen and oxygen atoms in total. The van der Waals surface area contributed by atoms with Crippen molar-refractivity contribution in [1.82, 2.24) is 15.3 Å². The molecule has 8 heteroatoms. The van der Waals surface area contributed by atoms with E-state index in [1.807, 2.05) is 0 Å². The smallest absolute Gasteiger partial charge is 0.321 e. The molecule has 0 saturated carbocycles. The predicted molar refractivity (Wildman–Crippen MR) is 67.0 cm³/mol. The molecule has 1 aromatic heterocycles. The minimum atomic E-state index is -0.884. The number of amides is 2. The van der Waals surface area contributed by atoms with Gasteiger partial charge in [-0.2, -0.15) is 0 Å². The SMILES string of the molecule is Cc1nnc(C(=O)ON2C(=O)c3ccccc3C2=O)s1. The highest BCUT2D eigenvalue weighted by atomic mass is 32.1. The van der Waals surface area contributed by atoms with Crippen LogP contribution in [0.25, 0.3) is 0 Å². The number of carbonyl (C=O) groups excluding carboxylic acids is 3. The first kappa shape index (κ1) is 12.4. The molecule has 100 valence electrons. The van der Waals surface area contributed by atoms with E-state index in [1.165, 1.54) is 12.1 Å². The number of aryl methyl sites for hydroxylation is 1. The highest BCUT2D eigenvalue weighted by Crippen LogP contribution is 2.23. The molecule has 0 unspecified atom stereocenters. The van der Waals surface area contributed by atoms with Crippen LogP contribution in [0.3, 0.4) is 0 Å². The Balaban J connectivity index is 1.85. The van der Waals surface area contributed by atoms with Gasteiger partial charge in [-0.3, -0.25) is 9.59 Å². The molecule has 0 N–H and O–H groups in total. The number of rotatable bonds is 2. The van der Waals surface area contributed by atoms with Crippen LogP contribution in [0.5, 0.6) is 0 Å². The molecule has 2 amide bonds. The van der Waals surface area contributed by atoms with Gasteiger partial charge in [-0.05, 0) is 19.1 Å². The van der Waals surface area contributed by atoms with Crippen LogP contribution in [-0.4, -0.2) is 33.0 Å². The molecule has 2 aromatic rings. The largest absolute Gasteiger partial charge is 0.394 e. The number of hydrogen-bond donors (Lipinski definition) is 0. The highest BCUT2D eigenvalue weighted by molar-refractivity contribution is 7.13. The highest BCUT2D eigenvalue weighted by Gasteiger charge is 2.39. The van der Waals surface area contributed by atoms with Crippen molar-refractivity contribution in [2.24, 2.45) is 0 Å². The zero-order chi connectivity index (χ0) is 14.3. The maximum atomic E-state index is 12.0. The molecule has 1 aliphatic rings. The molecular formula is C12H7N3O4S. The summed E-state index contributed by atoms with van der Waals surface area (Å²) in [6, 6.07) is 6.25. The average Bonchev–Trinajstić information content (AvgIpc) is 2.98. The van der Waals surface area contributed by atoms with Crippen molar-refractivity contribution in [3.05, 3.63) is 45.4 Å². The molecule has 0 fully saturated rings. The molecule has 3 rings (SSSR count). The fraction of sp³-hybridized carbons (Fsp3) is 0.0833. The number of carbonyl (C=O) groups is 3. The second-order valence-corrected chi connectivity index (χ2v) is 5.14. The van der Waals surface area contributed by atoms with Gasteiger partial charge in [-0.15, -0.1) is 10.2 Å². The minimum Gasteiger partial charge on any atom is -0.321 e. The first-order valence-corrected chi connectivity index (χ1v) is 6.40. The summed E-state index contributed by atoms with van der Waals surface area (Å²) in [6.07, 6.45) is 0. The average molecular weight is 289 g/mol. The van der Waals surface area contributed by atoms with E-state index in [1.54, 1.807) is 19.1 Å². The fourth-order valence-electron chi connectivity index (χ4n) is 1.75. The molecular weight excluding hydrogens is 282 g/mol. The van der Waals surface area contributed by atoms with Crippen LogP contribution in [-0.2, 0) is 4.84 Å². The van der Waals surface area contributed by atoms with Crippen LogP contribution in [0.15, 0.2) is 24.3 Å². The maximum absolute atomic E-state index is 12.0. The lowest BCUT2D eigenvalue weighted by atomic mass is 10.1. The topological polar surface area (TPSA) is 89.5 Å². The van der Waals surface area contributed by atoms with Crippen molar-refractivity contribution in [3.8, 4) is 0 Å². The summed E-state index contributed by atoms with van der Waals surface area (Å²) >= 11 is 1.02. The van der Waals surface area contributed by atoms with Crippen LogP contribution in [0, 0.1) is 6.92 Å². The van der Waals surface area contributed by atoms with Crippen LogP contribution in [0.4, 0.5) is 0 Å². The Hall–Kier alpha value is -2.61. The summed E-state index contributed by atoms with van der Waals surface area (Å²) in [7, 11) is 0. The van der Waals surface area contributed by atoms with E-state index in [-0.39, 0.29) is 16.1 Å². The fourth-order valence-corrected chi connectivity index (χ4v) is 2.31. The van der Waals surface area contributed by atoms with E-state index >= 15 is 0 Å². The molecule has 0 saturated heterocycles. The minimum absolute atomic E-state index is 0.0148. The zero-order valence-electron chi connectivity index (χ0n) is 10.2. The number of imide groups is 1. The van der Waals surface area contributed by atoms with E-state index in [4.69, 9.17) is 4.84 Å². The lowest BCUT2D eigenvalue weighted by molar-refractivity contribution is -0.0585. The Labute approximate surface area is 116 Å². The predicted octanol–water partition coefficient (Wildman–Crippen LogP) is 1.21.